The monoisotopic (exact) mass is 252 g/mol. The zero-order valence-electron chi connectivity index (χ0n) is 9.78. The summed E-state index contributed by atoms with van der Waals surface area (Å²) >= 11 is 1.78. The number of thioether (sulfide) groups is 1. The Balaban J connectivity index is 1.79. The molecule has 1 unspecified atom stereocenters. The van der Waals surface area contributed by atoms with Gasteiger partial charge in [-0.15, -0.1) is 0 Å². The van der Waals surface area contributed by atoms with Crippen molar-refractivity contribution in [3.05, 3.63) is 60.2 Å². The minimum atomic E-state index is 0.359. The summed E-state index contributed by atoms with van der Waals surface area (Å²) < 4.78 is 0. The number of amidine groups is 1. The fourth-order valence-electron chi connectivity index (χ4n) is 2.58. The molecule has 2 nitrogen and oxygen atoms in total. The molecule has 0 aromatic heterocycles. The second kappa shape index (κ2) is 3.89. The molecule has 3 heteroatoms. The van der Waals surface area contributed by atoms with Gasteiger partial charge >= 0.3 is 0 Å². The Morgan fingerprint density at radius 2 is 1.78 bits per heavy atom. The van der Waals surface area contributed by atoms with Crippen molar-refractivity contribution in [2.75, 3.05) is 11.4 Å². The van der Waals surface area contributed by atoms with Gasteiger partial charge in [0.2, 0.25) is 0 Å². The highest BCUT2D eigenvalue weighted by atomic mass is 32.2. The number of hydrogen-bond donors (Lipinski definition) is 0. The molecule has 0 saturated heterocycles. The molecule has 2 aromatic carbocycles. The standard InChI is InChI=1S/C15H12N2S/c1-2-6-11(7-3-1)13-10-16-15-17(13)12-8-4-5-9-14(12)18-15/h1-9,13H,10H2. The molecule has 18 heavy (non-hydrogen) atoms. The van der Waals surface area contributed by atoms with E-state index in [0.717, 1.165) is 11.7 Å². The average Bonchev–Trinajstić information content (AvgIpc) is 2.98. The van der Waals surface area contributed by atoms with Crippen LogP contribution in [0.15, 0.2) is 64.5 Å². The predicted molar refractivity (Wildman–Crippen MR) is 76.3 cm³/mol. The number of rotatable bonds is 1. The third kappa shape index (κ3) is 1.40. The van der Waals surface area contributed by atoms with Crippen molar-refractivity contribution < 1.29 is 0 Å². The smallest absolute Gasteiger partial charge is 0.169 e. The number of anilines is 1. The first kappa shape index (κ1) is 10.2. The lowest BCUT2D eigenvalue weighted by molar-refractivity contribution is 0.768. The molecule has 0 fully saturated rings. The van der Waals surface area contributed by atoms with Crippen LogP contribution in [0.4, 0.5) is 5.69 Å². The van der Waals surface area contributed by atoms with E-state index >= 15 is 0 Å². The molecule has 2 aromatic rings. The molecule has 0 spiro atoms. The fraction of sp³-hybridized carbons (Fsp3) is 0.133. The first-order valence-electron chi connectivity index (χ1n) is 6.09. The topological polar surface area (TPSA) is 15.6 Å². The number of hydrogen-bond acceptors (Lipinski definition) is 3. The lowest BCUT2D eigenvalue weighted by Crippen LogP contribution is -2.25. The van der Waals surface area contributed by atoms with Gasteiger partial charge in [-0.25, -0.2) is 0 Å². The van der Waals surface area contributed by atoms with Gasteiger partial charge in [-0.2, -0.15) is 0 Å². The molecule has 2 heterocycles. The average molecular weight is 252 g/mol. The molecular formula is C15H12N2S. The largest absolute Gasteiger partial charge is 0.310 e. The molecule has 0 amide bonds. The summed E-state index contributed by atoms with van der Waals surface area (Å²) in [6.07, 6.45) is 0. The Labute approximate surface area is 110 Å². The molecule has 4 rings (SSSR count). The zero-order valence-corrected chi connectivity index (χ0v) is 10.6. The summed E-state index contributed by atoms with van der Waals surface area (Å²) in [5, 5.41) is 1.14. The van der Waals surface area contributed by atoms with Gasteiger partial charge in [-0.3, -0.25) is 4.99 Å². The highest BCUT2D eigenvalue weighted by molar-refractivity contribution is 8.14. The van der Waals surface area contributed by atoms with Crippen LogP contribution in [0.1, 0.15) is 11.6 Å². The summed E-state index contributed by atoms with van der Waals surface area (Å²) in [5.41, 5.74) is 2.64. The van der Waals surface area contributed by atoms with Crippen LogP contribution < -0.4 is 4.90 Å². The fourth-order valence-corrected chi connectivity index (χ4v) is 3.66. The van der Waals surface area contributed by atoms with E-state index in [1.165, 1.54) is 16.1 Å². The summed E-state index contributed by atoms with van der Waals surface area (Å²) in [6, 6.07) is 19.5. The number of nitrogens with zero attached hydrogens (tertiary/aromatic N) is 2. The number of para-hydroxylation sites is 1. The molecule has 0 saturated carbocycles. The predicted octanol–water partition coefficient (Wildman–Crippen LogP) is 3.71. The molecule has 88 valence electrons. The second-order valence-corrected chi connectivity index (χ2v) is 5.50. The Morgan fingerprint density at radius 3 is 2.67 bits per heavy atom. The van der Waals surface area contributed by atoms with Gasteiger partial charge < -0.3 is 4.90 Å². The molecule has 0 bridgehead atoms. The summed E-state index contributed by atoms with van der Waals surface area (Å²) in [7, 11) is 0. The highest BCUT2D eigenvalue weighted by Gasteiger charge is 2.36. The first-order valence-corrected chi connectivity index (χ1v) is 6.90. The first-order chi connectivity index (χ1) is 8.93. The van der Waals surface area contributed by atoms with Crippen molar-refractivity contribution in [2.45, 2.75) is 10.9 Å². The minimum absolute atomic E-state index is 0.359. The maximum Gasteiger partial charge on any atom is 0.169 e. The van der Waals surface area contributed by atoms with E-state index < -0.39 is 0 Å². The molecule has 0 aliphatic carbocycles. The molecule has 0 radical (unpaired) electrons. The van der Waals surface area contributed by atoms with E-state index in [1.807, 2.05) is 0 Å². The molecular weight excluding hydrogens is 240 g/mol. The summed E-state index contributed by atoms with van der Waals surface area (Å²) in [6.45, 7) is 0.862. The van der Waals surface area contributed by atoms with Crippen LogP contribution in [0.25, 0.3) is 0 Å². The Bertz CT molecular complexity index is 621. The van der Waals surface area contributed by atoms with Gasteiger partial charge in [-0.05, 0) is 29.5 Å². The summed E-state index contributed by atoms with van der Waals surface area (Å²) in [4.78, 5) is 8.36. The Morgan fingerprint density at radius 1 is 1.00 bits per heavy atom. The lowest BCUT2D eigenvalue weighted by atomic mass is 10.1. The Hall–Kier alpha value is -1.74. The highest BCUT2D eigenvalue weighted by Crippen LogP contribution is 2.47. The van der Waals surface area contributed by atoms with Crippen molar-refractivity contribution in [3.63, 3.8) is 0 Å². The molecule has 0 N–H and O–H groups in total. The van der Waals surface area contributed by atoms with Crippen LogP contribution in [0.2, 0.25) is 0 Å². The van der Waals surface area contributed by atoms with Crippen molar-refractivity contribution in [2.24, 2.45) is 4.99 Å². The van der Waals surface area contributed by atoms with Crippen LogP contribution in [-0.4, -0.2) is 11.7 Å². The van der Waals surface area contributed by atoms with Gasteiger partial charge in [0.05, 0.1) is 18.3 Å². The molecule has 1 atom stereocenters. The SMILES string of the molecule is c1ccc(C2CN=C3Sc4ccccc4N32)cc1. The zero-order chi connectivity index (χ0) is 11.9. The van der Waals surface area contributed by atoms with Gasteiger partial charge in [0.1, 0.15) is 0 Å². The third-order valence-corrected chi connectivity index (χ3v) is 4.50. The van der Waals surface area contributed by atoms with Crippen molar-refractivity contribution in [3.8, 4) is 0 Å². The van der Waals surface area contributed by atoms with Crippen molar-refractivity contribution in [1.29, 1.82) is 0 Å². The lowest BCUT2D eigenvalue weighted by Gasteiger charge is -2.23. The Kier molecular flexibility index (Phi) is 2.20. The number of fused-ring (bicyclic) bond motifs is 3. The second-order valence-electron chi connectivity index (χ2n) is 4.49. The van der Waals surface area contributed by atoms with Crippen LogP contribution in [0, 0.1) is 0 Å². The van der Waals surface area contributed by atoms with E-state index in [4.69, 9.17) is 0 Å². The maximum absolute atomic E-state index is 4.68. The summed E-state index contributed by atoms with van der Waals surface area (Å²) in [5.74, 6) is 0. The number of aliphatic imine (C=N–C) groups is 1. The van der Waals surface area contributed by atoms with Crippen LogP contribution in [0.3, 0.4) is 0 Å². The molecule has 2 aliphatic heterocycles. The van der Waals surface area contributed by atoms with E-state index in [9.17, 15) is 0 Å². The van der Waals surface area contributed by atoms with E-state index in [-0.39, 0.29) is 0 Å². The van der Waals surface area contributed by atoms with Crippen LogP contribution in [-0.2, 0) is 0 Å². The van der Waals surface area contributed by atoms with Crippen molar-refractivity contribution >= 4 is 22.6 Å². The normalized spacial score (nSPS) is 20.6. The van der Waals surface area contributed by atoms with E-state index in [1.54, 1.807) is 11.8 Å². The van der Waals surface area contributed by atoms with Gasteiger partial charge in [-0.1, -0.05) is 42.5 Å². The van der Waals surface area contributed by atoms with Crippen LogP contribution >= 0.6 is 11.8 Å². The third-order valence-electron chi connectivity index (χ3n) is 3.43. The van der Waals surface area contributed by atoms with E-state index in [0.29, 0.717) is 6.04 Å². The maximum atomic E-state index is 4.68. The van der Waals surface area contributed by atoms with Crippen molar-refractivity contribution in [1.82, 2.24) is 0 Å². The van der Waals surface area contributed by atoms with E-state index in [2.05, 4.69) is 64.5 Å². The van der Waals surface area contributed by atoms with Gasteiger partial charge in [0, 0.05) is 4.90 Å². The quantitative estimate of drug-likeness (QED) is 0.769. The van der Waals surface area contributed by atoms with Gasteiger partial charge in [0.15, 0.2) is 5.17 Å². The number of benzene rings is 2. The molecule has 2 aliphatic rings. The van der Waals surface area contributed by atoms with Gasteiger partial charge in [0.25, 0.3) is 0 Å². The van der Waals surface area contributed by atoms with Crippen LogP contribution in [0.5, 0.6) is 0 Å². The minimum Gasteiger partial charge on any atom is -0.310 e.